The molecule has 1 fully saturated rings. The van der Waals surface area contributed by atoms with E-state index < -0.39 is 24.1 Å². The Morgan fingerprint density at radius 3 is 1.86 bits per heavy atom. The fourth-order valence-corrected chi connectivity index (χ4v) is 0.871. The van der Waals surface area contributed by atoms with Crippen LogP contribution in [0.1, 0.15) is 2.85 Å². The van der Waals surface area contributed by atoms with Crippen LogP contribution in [-0.4, -0.2) is 47.6 Å². The summed E-state index contributed by atoms with van der Waals surface area (Å²) >= 11 is 0. The van der Waals surface area contributed by atoms with Crippen molar-refractivity contribution in [2.45, 2.75) is 5.60 Å². The van der Waals surface area contributed by atoms with Crippen molar-refractivity contribution in [1.29, 1.82) is 0 Å². The van der Waals surface area contributed by atoms with Crippen LogP contribution in [0.4, 0.5) is 0 Å². The molecule has 0 saturated carbocycles. The van der Waals surface area contributed by atoms with Gasteiger partial charge in [0.05, 0.1) is 19.8 Å². The van der Waals surface area contributed by atoms with Gasteiger partial charge in [0, 0.05) is 0 Å². The largest absolute Gasteiger partial charge is 1.00 e. The molecule has 1 rings (SSSR count). The average Bonchev–Trinajstić information content (AvgIpc) is 2.05. The number of ether oxygens (including phenoxy) is 2. The zero-order valence-electron chi connectivity index (χ0n) is 10.1. The Morgan fingerprint density at radius 1 is 1.14 bits per heavy atom. The molecule has 2 N–H and O–H groups in total. The molecule has 0 aliphatic carbocycles. The number of carboxylic acids is 2. The monoisotopic (exact) mass is 224 g/mol. The Kier molecular flexibility index (Phi) is 8.86. The van der Waals surface area contributed by atoms with Crippen molar-refractivity contribution >= 4 is 11.9 Å². The van der Waals surface area contributed by atoms with Gasteiger partial charge in [0.1, 0.15) is 0 Å². The van der Waals surface area contributed by atoms with Gasteiger partial charge in [-0.05, 0) is 0 Å². The number of rotatable bonds is 2. The molecule has 6 nitrogen and oxygen atoms in total. The molecule has 1 aliphatic rings. The first-order chi connectivity index (χ1) is 5.59. The van der Waals surface area contributed by atoms with Gasteiger partial charge in [-0.25, -0.2) is 9.59 Å². The van der Waals surface area contributed by atoms with E-state index in [9.17, 15) is 9.59 Å². The number of carbonyl (C=O) groups is 2. The summed E-state index contributed by atoms with van der Waals surface area (Å²) in [7, 11) is 0. The Hall–Kier alpha value is 0.860. The predicted molar refractivity (Wildman–Crippen MR) is 37.0 cm³/mol. The summed E-state index contributed by atoms with van der Waals surface area (Å²) in [4.78, 5) is 21.1. The van der Waals surface area contributed by atoms with Gasteiger partial charge in [-0.15, -0.1) is 0 Å². The van der Waals surface area contributed by atoms with E-state index in [-0.39, 0.29) is 75.2 Å². The molecule has 0 aromatic heterocycles. The smallest absolute Gasteiger partial charge is 1.00 e. The summed E-state index contributed by atoms with van der Waals surface area (Å²) < 4.78 is 9.39. The third-order valence-electron chi connectivity index (χ3n) is 1.57. The van der Waals surface area contributed by atoms with Crippen LogP contribution in [0.2, 0.25) is 0 Å². The van der Waals surface area contributed by atoms with Crippen molar-refractivity contribution in [3.63, 3.8) is 0 Å². The van der Waals surface area contributed by atoms with Crippen LogP contribution in [0, 0.1) is 0 Å². The van der Waals surface area contributed by atoms with Gasteiger partial charge >= 0.3 is 71.1 Å². The van der Waals surface area contributed by atoms with E-state index in [1.807, 2.05) is 0 Å². The molecule has 0 spiro atoms. The van der Waals surface area contributed by atoms with Crippen LogP contribution in [0.5, 0.6) is 0 Å². The first kappa shape index (κ1) is 17.3. The molecule has 1 saturated heterocycles. The van der Waals surface area contributed by atoms with Gasteiger partial charge in [-0.1, -0.05) is 0 Å². The van der Waals surface area contributed by atoms with Crippen molar-refractivity contribution in [1.82, 2.24) is 0 Å². The first-order valence-electron chi connectivity index (χ1n) is 3.28. The van der Waals surface area contributed by atoms with E-state index in [2.05, 4.69) is 4.74 Å². The maximum Gasteiger partial charge on any atom is 1.00 e. The Balaban J connectivity index is -0.000000180. The minimum atomic E-state index is -2.21. The average molecular weight is 224 g/mol. The fraction of sp³-hybridized carbons (Fsp3) is 0.667. The normalized spacial score (nSPS) is 18.6. The van der Waals surface area contributed by atoms with Gasteiger partial charge in [-0.3, -0.25) is 0 Å². The predicted octanol–water partition coefficient (Wildman–Crippen LogP) is -6.83. The van der Waals surface area contributed by atoms with Gasteiger partial charge in [0.15, 0.2) is 0 Å². The summed E-state index contributed by atoms with van der Waals surface area (Å²) in [6.45, 7) is -0.238. The minimum Gasteiger partial charge on any atom is -1.00 e. The van der Waals surface area contributed by atoms with Gasteiger partial charge in [-0.2, -0.15) is 0 Å². The second-order valence-electron chi connectivity index (χ2n) is 2.34. The first-order valence-corrected chi connectivity index (χ1v) is 3.28. The van der Waals surface area contributed by atoms with Crippen molar-refractivity contribution < 1.29 is 91.2 Å². The van der Waals surface area contributed by atoms with E-state index >= 15 is 0 Å². The Morgan fingerprint density at radius 2 is 1.64 bits per heavy atom. The van der Waals surface area contributed by atoms with Gasteiger partial charge in [0.25, 0.3) is 5.60 Å². The SMILES string of the molecule is O=C(O)C1(C(=O)O)COCCO1.[H-].[H-].[Na+].[Na+]. The summed E-state index contributed by atoms with van der Waals surface area (Å²) in [6, 6.07) is 0. The van der Waals surface area contributed by atoms with Crippen molar-refractivity contribution in [2.75, 3.05) is 19.8 Å². The minimum absolute atomic E-state index is 0. The summed E-state index contributed by atoms with van der Waals surface area (Å²) in [5.74, 6) is -3.07. The van der Waals surface area contributed by atoms with Crippen LogP contribution in [0.25, 0.3) is 0 Å². The molecule has 0 aromatic carbocycles. The molecular formula is C6H10Na2O6. The zero-order chi connectivity index (χ0) is 9.19. The molecule has 1 aliphatic heterocycles. The maximum absolute atomic E-state index is 10.5. The van der Waals surface area contributed by atoms with E-state index in [4.69, 9.17) is 14.9 Å². The molecule has 0 unspecified atom stereocenters. The molecule has 0 atom stereocenters. The zero-order valence-corrected chi connectivity index (χ0v) is 12.1. The maximum atomic E-state index is 10.5. The standard InChI is InChI=1S/C6H8O6.2Na.2H/c7-4(8)6(5(9)10)3-11-1-2-12-6;;;;/h1-3H2,(H,7,8)(H,9,10);;;;/q;2*+1;2*-1. The molecule has 0 aromatic rings. The summed E-state index contributed by atoms with van der Waals surface area (Å²) in [5, 5.41) is 17.1. The van der Waals surface area contributed by atoms with Gasteiger partial charge in [0.2, 0.25) is 0 Å². The van der Waals surface area contributed by atoms with Crippen LogP contribution in [0.15, 0.2) is 0 Å². The molecule has 72 valence electrons. The summed E-state index contributed by atoms with van der Waals surface area (Å²) in [6.07, 6.45) is 0. The Bertz CT molecular complexity index is 205. The van der Waals surface area contributed by atoms with Crippen LogP contribution in [0.3, 0.4) is 0 Å². The van der Waals surface area contributed by atoms with E-state index in [1.165, 1.54) is 0 Å². The molecule has 0 bridgehead atoms. The molecule has 1 heterocycles. The second-order valence-corrected chi connectivity index (χ2v) is 2.34. The molecule has 8 heteroatoms. The van der Waals surface area contributed by atoms with Crippen molar-refractivity contribution in [3.05, 3.63) is 0 Å². The van der Waals surface area contributed by atoms with Crippen molar-refractivity contribution in [2.24, 2.45) is 0 Å². The van der Waals surface area contributed by atoms with Crippen LogP contribution < -0.4 is 59.1 Å². The fourth-order valence-electron chi connectivity index (χ4n) is 0.871. The second kappa shape index (κ2) is 7.19. The quantitative estimate of drug-likeness (QED) is 0.357. The van der Waals surface area contributed by atoms with Gasteiger partial charge < -0.3 is 22.5 Å². The Labute approximate surface area is 127 Å². The third kappa shape index (κ3) is 3.46. The number of carboxylic acid groups (broad SMARTS) is 2. The number of hydrogen-bond acceptors (Lipinski definition) is 4. The topological polar surface area (TPSA) is 93.1 Å². The van der Waals surface area contributed by atoms with Crippen LogP contribution in [-0.2, 0) is 19.1 Å². The molecule has 0 amide bonds. The summed E-state index contributed by atoms with van der Waals surface area (Å²) in [5.41, 5.74) is -2.21. The van der Waals surface area contributed by atoms with Crippen molar-refractivity contribution in [3.8, 4) is 0 Å². The molecule has 0 radical (unpaired) electrons. The molecule has 14 heavy (non-hydrogen) atoms. The van der Waals surface area contributed by atoms with Crippen LogP contribution >= 0.6 is 0 Å². The number of hydrogen-bond donors (Lipinski definition) is 2. The third-order valence-corrected chi connectivity index (χ3v) is 1.57. The molecular weight excluding hydrogens is 214 g/mol. The van der Waals surface area contributed by atoms with E-state index in [1.54, 1.807) is 0 Å². The number of aliphatic carboxylic acids is 2. The van der Waals surface area contributed by atoms with E-state index in [0.29, 0.717) is 0 Å². The van der Waals surface area contributed by atoms with E-state index in [0.717, 1.165) is 0 Å².